The Hall–Kier alpha value is -1.78. The number of hydrogen-bond acceptors (Lipinski definition) is 3. The van der Waals surface area contributed by atoms with Gasteiger partial charge in [0.15, 0.2) is 0 Å². The van der Waals surface area contributed by atoms with Crippen LogP contribution in [0.5, 0.6) is 5.75 Å². The lowest BCUT2D eigenvalue weighted by atomic mass is 10.1. The van der Waals surface area contributed by atoms with E-state index in [1.807, 2.05) is 20.8 Å². The van der Waals surface area contributed by atoms with Crippen LogP contribution in [0.25, 0.3) is 0 Å². The number of rotatable bonds is 6. The van der Waals surface area contributed by atoms with Crippen LogP contribution in [0, 0.1) is 17.7 Å². The van der Waals surface area contributed by atoms with Crippen molar-refractivity contribution in [3.05, 3.63) is 29.6 Å². The second kappa shape index (κ2) is 6.61. The molecule has 2 fully saturated rings. The normalized spacial score (nSPS) is 22.8. The molecule has 2 unspecified atom stereocenters. The lowest BCUT2D eigenvalue weighted by molar-refractivity contribution is 0.0525. The molecule has 2 aliphatic rings. The Bertz CT molecular complexity index is 607. The van der Waals surface area contributed by atoms with Crippen molar-refractivity contribution in [3.8, 4) is 5.75 Å². The summed E-state index contributed by atoms with van der Waals surface area (Å²) in [5.74, 6) is 1.75. The molecule has 0 spiro atoms. The largest absolute Gasteiger partial charge is 0.493 e. The highest BCUT2D eigenvalue weighted by Crippen LogP contribution is 2.50. The van der Waals surface area contributed by atoms with Crippen molar-refractivity contribution in [3.63, 3.8) is 0 Å². The van der Waals surface area contributed by atoms with Crippen molar-refractivity contribution in [2.45, 2.75) is 51.6 Å². The van der Waals surface area contributed by atoms with E-state index in [-0.39, 0.29) is 11.7 Å². The molecule has 4 nitrogen and oxygen atoms in total. The molecular formula is C19H26FNO3. The fourth-order valence-electron chi connectivity index (χ4n) is 2.82. The number of alkyl carbamates (subject to hydrolysis) is 1. The minimum Gasteiger partial charge on any atom is -0.493 e. The Morgan fingerprint density at radius 1 is 1.33 bits per heavy atom. The van der Waals surface area contributed by atoms with Crippen LogP contribution in [0.3, 0.4) is 0 Å². The Morgan fingerprint density at radius 3 is 2.75 bits per heavy atom. The Labute approximate surface area is 142 Å². The molecule has 0 saturated heterocycles. The molecule has 5 heteroatoms. The van der Waals surface area contributed by atoms with Crippen LogP contribution in [0.15, 0.2) is 18.2 Å². The lowest BCUT2D eigenvalue weighted by Crippen LogP contribution is -2.33. The Kier molecular flexibility index (Phi) is 4.70. The van der Waals surface area contributed by atoms with Gasteiger partial charge in [0.25, 0.3) is 0 Å². The smallest absolute Gasteiger partial charge is 0.407 e. The van der Waals surface area contributed by atoms with E-state index >= 15 is 0 Å². The number of hydrogen-bond donors (Lipinski definition) is 1. The summed E-state index contributed by atoms with van der Waals surface area (Å²) in [7, 11) is 0. The van der Waals surface area contributed by atoms with Gasteiger partial charge in [-0.15, -0.1) is 0 Å². The van der Waals surface area contributed by atoms with Crippen LogP contribution in [0.2, 0.25) is 0 Å². The monoisotopic (exact) mass is 335 g/mol. The topological polar surface area (TPSA) is 47.6 Å². The van der Waals surface area contributed by atoms with Crippen LogP contribution in [0.1, 0.15) is 51.5 Å². The number of halogens is 1. The van der Waals surface area contributed by atoms with Gasteiger partial charge in [-0.3, -0.25) is 0 Å². The van der Waals surface area contributed by atoms with Gasteiger partial charge in [0.05, 0.1) is 6.61 Å². The van der Waals surface area contributed by atoms with Gasteiger partial charge in [-0.2, -0.15) is 0 Å². The van der Waals surface area contributed by atoms with Crippen LogP contribution >= 0.6 is 0 Å². The van der Waals surface area contributed by atoms with E-state index < -0.39 is 11.7 Å². The van der Waals surface area contributed by atoms with E-state index in [1.165, 1.54) is 18.9 Å². The maximum absolute atomic E-state index is 13.6. The van der Waals surface area contributed by atoms with Crippen molar-refractivity contribution in [1.82, 2.24) is 5.32 Å². The van der Waals surface area contributed by atoms with Crippen molar-refractivity contribution < 1.29 is 18.7 Å². The van der Waals surface area contributed by atoms with Crippen LogP contribution in [-0.2, 0) is 4.74 Å². The van der Waals surface area contributed by atoms with Gasteiger partial charge in [0, 0.05) is 12.1 Å². The number of carbonyl (C=O) groups is 1. The van der Waals surface area contributed by atoms with Gasteiger partial charge in [-0.1, -0.05) is 0 Å². The summed E-state index contributed by atoms with van der Waals surface area (Å²) in [6, 6.07) is 4.74. The zero-order valence-electron chi connectivity index (χ0n) is 14.6. The van der Waals surface area contributed by atoms with Crippen molar-refractivity contribution in [2.24, 2.45) is 11.8 Å². The summed E-state index contributed by atoms with van der Waals surface area (Å²) >= 11 is 0. The number of ether oxygens (including phenoxy) is 2. The summed E-state index contributed by atoms with van der Waals surface area (Å²) in [5, 5.41) is 2.80. The standard InChI is InChI=1S/C19H26FNO3/c1-19(2,3)24-18(22)21-10-13-8-15(13)16-9-14(20)6-7-17(16)23-11-12-4-5-12/h6-7,9,12-13,15H,4-5,8,10-11H2,1-3H3,(H,21,22). The molecule has 2 aliphatic carbocycles. The SMILES string of the molecule is CC(C)(C)OC(=O)NCC1CC1c1cc(F)ccc1OCC1CC1. The van der Waals surface area contributed by atoms with E-state index in [0.29, 0.717) is 25.0 Å². The summed E-state index contributed by atoms with van der Waals surface area (Å²) < 4.78 is 24.7. The zero-order valence-corrected chi connectivity index (χ0v) is 14.6. The minimum absolute atomic E-state index is 0.241. The molecule has 2 atom stereocenters. The Balaban J connectivity index is 1.54. The first-order chi connectivity index (χ1) is 11.3. The fourth-order valence-corrected chi connectivity index (χ4v) is 2.82. The molecule has 1 aromatic rings. The highest BCUT2D eigenvalue weighted by molar-refractivity contribution is 5.67. The number of nitrogens with one attached hydrogen (secondary N) is 1. The maximum atomic E-state index is 13.6. The molecule has 0 radical (unpaired) electrons. The molecule has 1 amide bonds. The van der Waals surface area contributed by atoms with E-state index in [4.69, 9.17) is 9.47 Å². The second-order valence-electron chi connectivity index (χ2n) is 7.92. The molecule has 132 valence electrons. The molecule has 0 bridgehead atoms. The molecular weight excluding hydrogens is 309 g/mol. The average molecular weight is 335 g/mol. The molecule has 0 aromatic heterocycles. The van der Waals surface area contributed by atoms with E-state index in [0.717, 1.165) is 17.7 Å². The van der Waals surface area contributed by atoms with Gasteiger partial charge in [0.1, 0.15) is 17.2 Å². The third-order valence-corrected chi connectivity index (χ3v) is 4.37. The van der Waals surface area contributed by atoms with Gasteiger partial charge in [0.2, 0.25) is 0 Å². The first kappa shape index (κ1) is 17.1. The van der Waals surface area contributed by atoms with Crippen molar-refractivity contribution >= 4 is 6.09 Å². The summed E-state index contributed by atoms with van der Waals surface area (Å²) in [5.41, 5.74) is 0.422. The first-order valence-corrected chi connectivity index (χ1v) is 8.71. The van der Waals surface area contributed by atoms with E-state index in [9.17, 15) is 9.18 Å². The highest BCUT2D eigenvalue weighted by Gasteiger charge is 2.40. The van der Waals surface area contributed by atoms with Crippen LogP contribution in [-0.4, -0.2) is 24.8 Å². The molecule has 0 heterocycles. The van der Waals surface area contributed by atoms with Crippen molar-refractivity contribution in [2.75, 3.05) is 13.2 Å². The quantitative estimate of drug-likeness (QED) is 0.846. The van der Waals surface area contributed by atoms with Gasteiger partial charge in [-0.25, -0.2) is 9.18 Å². The van der Waals surface area contributed by atoms with Crippen molar-refractivity contribution in [1.29, 1.82) is 0 Å². The van der Waals surface area contributed by atoms with Crippen LogP contribution < -0.4 is 10.1 Å². The number of carbonyl (C=O) groups excluding carboxylic acids is 1. The summed E-state index contributed by atoms with van der Waals surface area (Å²) in [4.78, 5) is 11.7. The summed E-state index contributed by atoms with van der Waals surface area (Å²) in [6.45, 7) is 6.76. The molecule has 1 aromatic carbocycles. The zero-order chi connectivity index (χ0) is 17.3. The first-order valence-electron chi connectivity index (χ1n) is 8.71. The van der Waals surface area contributed by atoms with Gasteiger partial charge < -0.3 is 14.8 Å². The number of amides is 1. The fraction of sp³-hybridized carbons (Fsp3) is 0.632. The van der Waals surface area contributed by atoms with Gasteiger partial charge in [-0.05, 0) is 76.0 Å². The molecule has 1 N–H and O–H groups in total. The predicted molar refractivity (Wildman–Crippen MR) is 89.7 cm³/mol. The predicted octanol–water partition coefficient (Wildman–Crippen LogP) is 4.24. The minimum atomic E-state index is -0.501. The molecule has 24 heavy (non-hydrogen) atoms. The number of benzene rings is 1. The van der Waals surface area contributed by atoms with E-state index in [2.05, 4.69) is 5.32 Å². The second-order valence-corrected chi connectivity index (χ2v) is 7.92. The third-order valence-electron chi connectivity index (χ3n) is 4.37. The molecule has 0 aliphatic heterocycles. The Morgan fingerprint density at radius 2 is 2.08 bits per heavy atom. The highest BCUT2D eigenvalue weighted by atomic mass is 19.1. The van der Waals surface area contributed by atoms with Gasteiger partial charge >= 0.3 is 6.09 Å². The molecule has 2 saturated carbocycles. The lowest BCUT2D eigenvalue weighted by Gasteiger charge is -2.19. The summed E-state index contributed by atoms with van der Waals surface area (Å²) in [6.07, 6.45) is 2.97. The third kappa shape index (κ3) is 4.86. The molecule has 3 rings (SSSR count). The maximum Gasteiger partial charge on any atom is 0.407 e. The average Bonchev–Trinajstić information content (AvgIpc) is 3.36. The van der Waals surface area contributed by atoms with Crippen LogP contribution in [0.4, 0.5) is 9.18 Å². The van der Waals surface area contributed by atoms with E-state index in [1.54, 1.807) is 12.1 Å².